The highest BCUT2D eigenvalue weighted by Crippen LogP contribution is 2.50. The van der Waals surface area contributed by atoms with Crippen molar-refractivity contribution in [3.63, 3.8) is 0 Å². The fourth-order valence-electron chi connectivity index (χ4n) is 2.29. The molecule has 1 aliphatic carbocycles. The molecule has 0 heterocycles. The summed E-state index contributed by atoms with van der Waals surface area (Å²) in [5.41, 5.74) is 2.15. The van der Waals surface area contributed by atoms with E-state index in [2.05, 4.69) is 19.2 Å². The molecule has 1 aromatic carbocycles. The van der Waals surface area contributed by atoms with Gasteiger partial charge >= 0.3 is 5.97 Å². The molecule has 1 unspecified atom stereocenters. The molecule has 98 valence electrons. The van der Waals surface area contributed by atoms with Gasteiger partial charge < -0.3 is 10.1 Å². The van der Waals surface area contributed by atoms with Crippen molar-refractivity contribution in [3.8, 4) is 0 Å². The van der Waals surface area contributed by atoms with Crippen LogP contribution < -0.4 is 5.32 Å². The first-order chi connectivity index (χ1) is 8.54. The Morgan fingerprint density at radius 3 is 2.72 bits per heavy atom. The van der Waals surface area contributed by atoms with E-state index in [0.717, 1.165) is 24.6 Å². The standard InChI is InChI=1S/C15H21NO2/c1-15(2)8-12(15)10-16-9-11-6-4-5-7-13(11)14(17)18-3/h4-7,12,16H,8-10H2,1-3H3. The van der Waals surface area contributed by atoms with E-state index >= 15 is 0 Å². The van der Waals surface area contributed by atoms with Crippen LogP contribution in [-0.4, -0.2) is 19.6 Å². The topological polar surface area (TPSA) is 38.3 Å². The molecule has 0 saturated heterocycles. The van der Waals surface area contributed by atoms with Crippen molar-refractivity contribution in [2.45, 2.75) is 26.8 Å². The number of carbonyl (C=O) groups is 1. The second-order valence-electron chi connectivity index (χ2n) is 5.67. The molecule has 0 bridgehead atoms. The van der Waals surface area contributed by atoms with E-state index < -0.39 is 0 Å². The van der Waals surface area contributed by atoms with Gasteiger partial charge in [0.2, 0.25) is 0 Å². The lowest BCUT2D eigenvalue weighted by atomic mass is 10.1. The number of benzene rings is 1. The van der Waals surface area contributed by atoms with Crippen LogP contribution in [0.5, 0.6) is 0 Å². The number of hydrogen-bond donors (Lipinski definition) is 1. The molecule has 1 aromatic rings. The Labute approximate surface area is 109 Å². The Hall–Kier alpha value is -1.35. The van der Waals surface area contributed by atoms with Crippen LogP contribution in [0.3, 0.4) is 0 Å². The van der Waals surface area contributed by atoms with Crippen molar-refractivity contribution in [2.75, 3.05) is 13.7 Å². The molecule has 1 aliphatic rings. The molecule has 2 rings (SSSR count). The van der Waals surface area contributed by atoms with Crippen LogP contribution in [0.15, 0.2) is 24.3 Å². The second-order valence-corrected chi connectivity index (χ2v) is 5.67. The zero-order valence-corrected chi connectivity index (χ0v) is 11.3. The molecule has 3 heteroatoms. The van der Waals surface area contributed by atoms with Gasteiger partial charge in [0.15, 0.2) is 0 Å². The van der Waals surface area contributed by atoms with Gasteiger partial charge in [-0.05, 0) is 35.9 Å². The maximum Gasteiger partial charge on any atom is 0.338 e. The van der Waals surface area contributed by atoms with Crippen molar-refractivity contribution in [1.82, 2.24) is 5.32 Å². The van der Waals surface area contributed by atoms with Gasteiger partial charge in [-0.2, -0.15) is 0 Å². The Balaban J connectivity index is 1.91. The minimum absolute atomic E-state index is 0.265. The average Bonchev–Trinajstić information content (AvgIpc) is 2.97. The Kier molecular flexibility index (Phi) is 3.71. The number of methoxy groups -OCH3 is 1. The zero-order chi connectivity index (χ0) is 13.2. The predicted molar refractivity (Wildman–Crippen MR) is 71.4 cm³/mol. The van der Waals surface area contributed by atoms with E-state index in [1.54, 1.807) is 0 Å². The Bertz CT molecular complexity index is 440. The first-order valence-corrected chi connectivity index (χ1v) is 6.41. The Morgan fingerprint density at radius 2 is 2.11 bits per heavy atom. The predicted octanol–water partition coefficient (Wildman–Crippen LogP) is 2.61. The highest BCUT2D eigenvalue weighted by atomic mass is 16.5. The molecule has 1 saturated carbocycles. The summed E-state index contributed by atoms with van der Waals surface area (Å²) < 4.78 is 4.78. The monoisotopic (exact) mass is 247 g/mol. The van der Waals surface area contributed by atoms with Gasteiger partial charge in [-0.1, -0.05) is 32.0 Å². The minimum atomic E-state index is -0.265. The van der Waals surface area contributed by atoms with Gasteiger partial charge in [-0.15, -0.1) is 0 Å². The zero-order valence-electron chi connectivity index (χ0n) is 11.3. The van der Waals surface area contributed by atoms with Gasteiger partial charge in [0, 0.05) is 6.54 Å². The molecule has 1 fully saturated rings. The maximum atomic E-state index is 11.6. The van der Waals surface area contributed by atoms with Crippen LogP contribution in [0, 0.1) is 11.3 Å². The van der Waals surface area contributed by atoms with Crippen LogP contribution >= 0.6 is 0 Å². The molecular weight excluding hydrogens is 226 g/mol. The van der Waals surface area contributed by atoms with Crippen molar-refractivity contribution in [1.29, 1.82) is 0 Å². The highest BCUT2D eigenvalue weighted by molar-refractivity contribution is 5.90. The van der Waals surface area contributed by atoms with Crippen molar-refractivity contribution in [3.05, 3.63) is 35.4 Å². The second kappa shape index (κ2) is 5.11. The average molecular weight is 247 g/mol. The molecule has 0 aromatic heterocycles. The molecular formula is C15H21NO2. The summed E-state index contributed by atoms with van der Waals surface area (Å²) in [7, 11) is 1.42. The summed E-state index contributed by atoms with van der Waals surface area (Å²) in [4.78, 5) is 11.6. The summed E-state index contributed by atoms with van der Waals surface area (Å²) in [6.45, 7) is 6.32. The number of rotatable bonds is 5. The first kappa shape index (κ1) is 13.1. The normalized spacial score (nSPS) is 20.5. The quantitative estimate of drug-likeness (QED) is 0.813. The number of esters is 1. The van der Waals surface area contributed by atoms with Crippen LogP contribution in [0.2, 0.25) is 0 Å². The van der Waals surface area contributed by atoms with Crippen molar-refractivity contribution < 1.29 is 9.53 Å². The minimum Gasteiger partial charge on any atom is -0.465 e. The fraction of sp³-hybridized carbons (Fsp3) is 0.533. The lowest BCUT2D eigenvalue weighted by molar-refractivity contribution is 0.0599. The van der Waals surface area contributed by atoms with Crippen LogP contribution in [0.25, 0.3) is 0 Å². The van der Waals surface area contributed by atoms with Crippen LogP contribution in [-0.2, 0) is 11.3 Å². The molecule has 0 aliphatic heterocycles. The third kappa shape index (κ3) is 2.91. The highest BCUT2D eigenvalue weighted by Gasteiger charge is 2.44. The van der Waals surface area contributed by atoms with E-state index in [-0.39, 0.29) is 5.97 Å². The summed E-state index contributed by atoms with van der Waals surface area (Å²) in [6.07, 6.45) is 1.29. The lowest BCUT2D eigenvalue weighted by Crippen LogP contribution is -2.20. The van der Waals surface area contributed by atoms with Crippen LogP contribution in [0.1, 0.15) is 36.2 Å². The summed E-state index contributed by atoms with van der Waals surface area (Å²) in [5.74, 6) is 0.502. The first-order valence-electron chi connectivity index (χ1n) is 6.41. The third-order valence-corrected chi connectivity index (χ3v) is 3.85. The number of hydrogen-bond acceptors (Lipinski definition) is 3. The maximum absolute atomic E-state index is 11.6. The van der Waals surface area contributed by atoms with E-state index in [1.807, 2.05) is 24.3 Å². The van der Waals surface area contributed by atoms with Gasteiger partial charge in [-0.25, -0.2) is 4.79 Å². The van der Waals surface area contributed by atoms with E-state index in [0.29, 0.717) is 11.0 Å². The fourth-order valence-corrected chi connectivity index (χ4v) is 2.29. The molecule has 0 radical (unpaired) electrons. The number of carbonyl (C=O) groups excluding carboxylic acids is 1. The summed E-state index contributed by atoms with van der Waals surface area (Å²) >= 11 is 0. The SMILES string of the molecule is COC(=O)c1ccccc1CNCC1CC1(C)C. The molecule has 0 spiro atoms. The van der Waals surface area contributed by atoms with E-state index in [9.17, 15) is 4.79 Å². The van der Waals surface area contributed by atoms with Gasteiger partial charge in [-0.3, -0.25) is 0 Å². The summed E-state index contributed by atoms with van der Waals surface area (Å²) in [5, 5.41) is 3.43. The van der Waals surface area contributed by atoms with Crippen molar-refractivity contribution in [2.24, 2.45) is 11.3 Å². The van der Waals surface area contributed by atoms with Gasteiger partial charge in [0.05, 0.1) is 12.7 Å². The van der Waals surface area contributed by atoms with Gasteiger partial charge in [0.1, 0.15) is 0 Å². The lowest BCUT2D eigenvalue weighted by Gasteiger charge is -2.09. The number of nitrogens with one attached hydrogen (secondary N) is 1. The Morgan fingerprint density at radius 1 is 1.44 bits per heavy atom. The summed E-state index contributed by atoms with van der Waals surface area (Å²) in [6, 6.07) is 7.59. The smallest absolute Gasteiger partial charge is 0.338 e. The molecule has 1 N–H and O–H groups in total. The molecule has 18 heavy (non-hydrogen) atoms. The largest absolute Gasteiger partial charge is 0.465 e. The molecule has 1 atom stereocenters. The van der Waals surface area contributed by atoms with E-state index in [1.165, 1.54) is 13.5 Å². The number of ether oxygens (including phenoxy) is 1. The van der Waals surface area contributed by atoms with Crippen molar-refractivity contribution >= 4 is 5.97 Å². The molecule has 0 amide bonds. The van der Waals surface area contributed by atoms with E-state index in [4.69, 9.17) is 4.74 Å². The van der Waals surface area contributed by atoms with Crippen LogP contribution in [0.4, 0.5) is 0 Å². The molecule has 3 nitrogen and oxygen atoms in total. The third-order valence-electron chi connectivity index (χ3n) is 3.85. The van der Waals surface area contributed by atoms with Gasteiger partial charge in [0.25, 0.3) is 0 Å².